The second kappa shape index (κ2) is 4.71. The highest BCUT2D eigenvalue weighted by Gasteiger charge is 2.29. The van der Waals surface area contributed by atoms with Crippen LogP contribution in [0, 0.1) is 17.2 Å². The summed E-state index contributed by atoms with van der Waals surface area (Å²) in [6, 6.07) is 3.81. The molecule has 1 heterocycles. The lowest BCUT2D eigenvalue weighted by atomic mass is 10.1. The maximum atomic E-state index is 11.8. The van der Waals surface area contributed by atoms with E-state index in [1.165, 1.54) is 6.26 Å². The van der Waals surface area contributed by atoms with Gasteiger partial charge in [-0.25, -0.2) is 0 Å². The molecule has 2 unspecified atom stereocenters. The van der Waals surface area contributed by atoms with E-state index >= 15 is 0 Å². The van der Waals surface area contributed by atoms with E-state index in [1.807, 2.05) is 0 Å². The predicted octanol–water partition coefficient (Wildman–Crippen LogP) is 2.46. The number of nitriles is 1. The molecule has 0 radical (unpaired) electrons. The topological polar surface area (TPSA) is 66.0 Å². The first kappa shape index (κ1) is 11.2. The molecule has 1 amide bonds. The van der Waals surface area contributed by atoms with Gasteiger partial charge in [-0.15, -0.1) is 0 Å². The van der Waals surface area contributed by atoms with Crippen molar-refractivity contribution in [3.05, 3.63) is 22.6 Å². The Bertz CT molecular complexity index is 435. The standard InChI is InChI=1S/C11H11BrN2O2/c12-10-8(4-5-16-10)11(15)14-9-3-1-2-7(9)6-13/h4-5,7,9H,1-3H2,(H,14,15). The highest BCUT2D eigenvalue weighted by atomic mass is 79.9. The van der Waals surface area contributed by atoms with Gasteiger partial charge in [0.2, 0.25) is 0 Å². The number of rotatable bonds is 2. The largest absolute Gasteiger partial charge is 0.457 e. The number of amides is 1. The summed E-state index contributed by atoms with van der Waals surface area (Å²) in [4.78, 5) is 11.8. The van der Waals surface area contributed by atoms with Crippen LogP contribution in [0.25, 0.3) is 0 Å². The Kier molecular flexibility index (Phi) is 3.30. The van der Waals surface area contributed by atoms with Crippen molar-refractivity contribution in [3.8, 4) is 6.07 Å². The summed E-state index contributed by atoms with van der Waals surface area (Å²) in [6.07, 6.45) is 4.19. The van der Waals surface area contributed by atoms with Crippen molar-refractivity contribution in [2.75, 3.05) is 0 Å². The minimum atomic E-state index is -0.187. The average molecular weight is 283 g/mol. The summed E-state index contributed by atoms with van der Waals surface area (Å²) >= 11 is 3.16. The van der Waals surface area contributed by atoms with E-state index in [2.05, 4.69) is 27.3 Å². The van der Waals surface area contributed by atoms with Gasteiger partial charge in [0.25, 0.3) is 5.91 Å². The number of furan rings is 1. The van der Waals surface area contributed by atoms with Crippen molar-refractivity contribution in [1.82, 2.24) is 5.32 Å². The monoisotopic (exact) mass is 282 g/mol. The van der Waals surface area contributed by atoms with Crippen molar-refractivity contribution in [2.45, 2.75) is 25.3 Å². The lowest BCUT2D eigenvalue weighted by Gasteiger charge is -2.14. The second-order valence-corrected chi connectivity index (χ2v) is 4.57. The number of hydrogen-bond acceptors (Lipinski definition) is 3. The first-order valence-corrected chi connectivity index (χ1v) is 5.95. The van der Waals surface area contributed by atoms with Gasteiger partial charge in [-0.3, -0.25) is 4.79 Å². The summed E-state index contributed by atoms with van der Waals surface area (Å²) in [7, 11) is 0. The molecule has 0 spiro atoms. The van der Waals surface area contributed by atoms with Crippen LogP contribution in [0.3, 0.4) is 0 Å². The van der Waals surface area contributed by atoms with Crippen LogP contribution in [0.4, 0.5) is 0 Å². The van der Waals surface area contributed by atoms with Crippen molar-refractivity contribution < 1.29 is 9.21 Å². The van der Waals surface area contributed by atoms with Gasteiger partial charge in [-0.1, -0.05) is 0 Å². The number of hydrogen-bond donors (Lipinski definition) is 1. The highest BCUT2D eigenvalue weighted by molar-refractivity contribution is 9.10. The molecule has 0 bridgehead atoms. The van der Waals surface area contributed by atoms with Crippen molar-refractivity contribution in [2.24, 2.45) is 5.92 Å². The quantitative estimate of drug-likeness (QED) is 0.906. The number of nitrogens with one attached hydrogen (secondary N) is 1. The van der Waals surface area contributed by atoms with E-state index in [1.54, 1.807) is 6.07 Å². The Hall–Kier alpha value is -1.28. The van der Waals surface area contributed by atoms with Crippen LogP contribution in [0.15, 0.2) is 21.4 Å². The lowest BCUT2D eigenvalue weighted by Crippen LogP contribution is -2.36. The first-order chi connectivity index (χ1) is 7.72. The van der Waals surface area contributed by atoms with Crippen molar-refractivity contribution in [3.63, 3.8) is 0 Å². The summed E-state index contributed by atoms with van der Waals surface area (Å²) in [6.45, 7) is 0. The molecule has 1 aliphatic carbocycles. The number of carbonyl (C=O) groups excluding carboxylic acids is 1. The fourth-order valence-electron chi connectivity index (χ4n) is 1.99. The van der Waals surface area contributed by atoms with Crippen molar-refractivity contribution in [1.29, 1.82) is 5.26 Å². The molecule has 1 aromatic rings. The summed E-state index contributed by atoms with van der Waals surface area (Å²) in [5.74, 6) is -0.248. The Balaban J connectivity index is 2.03. The minimum Gasteiger partial charge on any atom is -0.457 e. The molecule has 5 heteroatoms. The van der Waals surface area contributed by atoms with Crippen molar-refractivity contribution >= 4 is 21.8 Å². The summed E-state index contributed by atoms with van der Waals surface area (Å²) in [5.41, 5.74) is 0.476. The van der Waals surface area contributed by atoms with Crippen LogP contribution in [-0.2, 0) is 0 Å². The first-order valence-electron chi connectivity index (χ1n) is 5.16. The average Bonchev–Trinajstić information content (AvgIpc) is 2.86. The third kappa shape index (κ3) is 2.12. The number of nitrogens with zero attached hydrogens (tertiary/aromatic N) is 1. The fraction of sp³-hybridized carbons (Fsp3) is 0.455. The predicted molar refractivity (Wildman–Crippen MR) is 60.6 cm³/mol. The second-order valence-electron chi connectivity index (χ2n) is 3.85. The van der Waals surface area contributed by atoms with Gasteiger partial charge < -0.3 is 9.73 Å². The van der Waals surface area contributed by atoms with Gasteiger partial charge in [0.15, 0.2) is 4.67 Å². The zero-order chi connectivity index (χ0) is 11.5. The highest BCUT2D eigenvalue weighted by Crippen LogP contribution is 2.26. The molecule has 4 nitrogen and oxygen atoms in total. The molecule has 1 fully saturated rings. The third-order valence-corrected chi connectivity index (χ3v) is 3.47. The molecule has 0 aromatic carbocycles. The molecule has 0 aliphatic heterocycles. The van der Waals surface area contributed by atoms with E-state index in [4.69, 9.17) is 9.68 Å². The van der Waals surface area contributed by atoms with Gasteiger partial charge in [0.1, 0.15) is 0 Å². The molecular formula is C11H11BrN2O2. The molecule has 0 saturated heterocycles. The molecule has 2 atom stereocenters. The third-order valence-electron chi connectivity index (χ3n) is 2.86. The Morgan fingerprint density at radius 2 is 2.44 bits per heavy atom. The molecule has 1 N–H and O–H groups in total. The SMILES string of the molecule is N#CC1CCCC1NC(=O)c1ccoc1Br. The maximum Gasteiger partial charge on any atom is 0.256 e. The molecule has 1 aromatic heterocycles. The van der Waals surface area contributed by atoms with E-state index in [0.29, 0.717) is 10.2 Å². The minimum absolute atomic E-state index is 0.0284. The van der Waals surface area contributed by atoms with Crippen LogP contribution < -0.4 is 5.32 Å². The van der Waals surface area contributed by atoms with E-state index < -0.39 is 0 Å². The van der Waals surface area contributed by atoms with Gasteiger partial charge in [0, 0.05) is 6.04 Å². The summed E-state index contributed by atoms with van der Waals surface area (Å²) < 4.78 is 5.42. The zero-order valence-corrected chi connectivity index (χ0v) is 10.2. The van der Waals surface area contributed by atoms with Crippen LogP contribution in [-0.4, -0.2) is 11.9 Å². The van der Waals surface area contributed by atoms with Gasteiger partial charge >= 0.3 is 0 Å². The maximum absolute atomic E-state index is 11.8. The van der Waals surface area contributed by atoms with E-state index in [-0.39, 0.29) is 17.9 Å². The smallest absolute Gasteiger partial charge is 0.256 e. The molecule has 1 saturated carbocycles. The number of carbonyl (C=O) groups is 1. The van der Waals surface area contributed by atoms with Gasteiger partial charge in [-0.2, -0.15) is 5.26 Å². The fourth-order valence-corrected chi connectivity index (χ4v) is 2.41. The van der Waals surface area contributed by atoms with Crippen LogP contribution in [0.5, 0.6) is 0 Å². The van der Waals surface area contributed by atoms with E-state index in [9.17, 15) is 4.79 Å². The van der Waals surface area contributed by atoms with Crippen LogP contribution >= 0.6 is 15.9 Å². The molecule has 16 heavy (non-hydrogen) atoms. The normalized spacial score (nSPS) is 24.0. The van der Waals surface area contributed by atoms with Gasteiger partial charge in [-0.05, 0) is 41.3 Å². The Labute approximate surface area is 102 Å². The van der Waals surface area contributed by atoms with Crippen LogP contribution in [0.1, 0.15) is 29.6 Å². The lowest BCUT2D eigenvalue weighted by molar-refractivity contribution is 0.0931. The van der Waals surface area contributed by atoms with Crippen LogP contribution in [0.2, 0.25) is 0 Å². The molecular weight excluding hydrogens is 272 g/mol. The molecule has 1 aliphatic rings. The Morgan fingerprint density at radius 1 is 1.62 bits per heavy atom. The number of halogens is 1. The summed E-state index contributed by atoms with van der Waals surface area (Å²) in [5, 5.41) is 11.8. The van der Waals surface area contributed by atoms with E-state index in [0.717, 1.165) is 19.3 Å². The zero-order valence-electron chi connectivity index (χ0n) is 8.57. The molecule has 84 valence electrons. The Morgan fingerprint density at radius 3 is 3.06 bits per heavy atom. The molecule has 2 rings (SSSR count). The van der Waals surface area contributed by atoms with Gasteiger partial charge in [0.05, 0.1) is 23.8 Å².